The van der Waals surface area contributed by atoms with Crippen molar-refractivity contribution in [2.75, 3.05) is 17.6 Å². The highest BCUT2D eigenvalue weighted by Gasteiger charge is 2.05. The number of nitrogens with two attached hydrogens (primary N) is 1. The van der Waals surface area contributed by atoms with Crippen LogP contribution in [0.2, 0.25) is 0 Å². The molecule has 6 heteroatoms. The maximum atomic E-state index is 13.1. The van der Waals surface area contributed by atoms with Gasteiger partial charge in [-0.05, 0) is 12.1 Å². The van der Waals surface area contributed by atoms with Crippen LogP contribution in [-0.2, 0) is 6.42 Å². The number of anilines is 2. The number of halogens is 1. The molecule has 2 aromatic rings. The van der Waals surface area contributed by atoms with Crippen molar-refractivity contribution < 1.29 is 8.91 Å². The first-order valence-corrected chi connectivity index (χ1v) is 5.24. The molecule has 0 spiro atoms. The van der Waals surface area contributed by atoms with Crippen molar-refractivity contribution in [1.82, 2.24) is 10.1 Å². The van der Waals surface area contributed by atoms with E-state index in [1.807, 2.05) is 0 Å². The Kier molecular flexibility index (Phi) is 3.22. The van der Waals surface area contributed by atoms with Gasteiger partial charge in [-0.2, -0.15) is 4.98 Å². The van der Waals surface area contributed by atoms with Crippen molar-refractivity contribution in [1.29, 1.82) is 0 Å². The first-order valence-electron chi connectivity index (χ1n) is 5.24. The van der Waals surface area contributed by atoms with E-state index in [0.717, 1.165) is 0 Å². The lowest BCUT2D eigenvalue weighted by Gasteiger charge is -2.08. The number of hydrogen-bond acceptors (Lipinski definition) is 5. The molecule has 0 saturated heterocycles. The highest BCUT2D eigenvalue weighted by molar-refractivity contribution is 5.66. The zero-order valence-corrected chi connectivity index (χ0v) is 9.40. The van der Waals surface area contributed by atoms with Crippen LogP contribution in [0.15, 0.2) is 22.7 Å². The molecular weight excluding hydrogens is 223 g/mol. The van der Waals surface area contributed by atoms with Crippen LogP contribution in [0.1, 0.15) is 11.7 Å². The van der Waals surface area contributed by atoms with Gasteiger partial charge in [0.05, 0.1) is 11.4 Å². The smallest absolute Gasteiger partial charge is 0.223 e. The van der Waals surface area contributed by atoms with E-state index < -0.39 is 5.82 Å². The van der Waals surface area contributed by atoms with Gasteiger partial charge in [0.15, 0.2) is 5.82 Å². The lowest BCUT2D eigenvalue weighted by atomic mass is 10.2. The van der Waals surface area contributed by atoms with E-state index in [1.165, 1.54) is 6.07 Å². The fraction of sp³-hybridized carbons (Fsp3) is 0.273. The Labute approximate surface area is 97.8 Å². The number of aromatic nitrogens is 2. The number of benzene rings is 1. The van der Waals surface area contributed by atoms with Gasteiger partial charge in [-0.3, -0.25) is 0 Å². The molecule has 0 aliphatic heterocycles. The highest BCUT2D eigenvalue weighted by Crippen LogP contribution is 2.20. The van der Waals surface area contributed by atoms with E-state index in [0.29, 0.717) is 30.4 Å². The minimum Gasteiger partial charge on any atom is -0.395 e. The van der Waals surface area contributed by atoms with Gasteiger partial charge in [-0.15, -0.1) is 0 Å². The first-order chi connectivity index (χ1) is 8.16. The third kappa shape index (κ3) is 2.72. The topological polar surface area (TPSA) is 77.0 Å². The number of aryl methyl sites for hydroxylation is 1. The lowest BCUT2D eigenvalue weighted by Crippen LogP contribution is -2.08. The quantitative estimate of drug-likeness (QED) is 0.791. The number of hydrogen-bond donors (Lipinski definition) is 2. The second kappa shape index (κ2) is 4.82. The molecule has 0 unspecified atom stereocenters. The standard InChI is InChI=1S/C11H13FN4O/c1-7-15-10(16-17-7)5-6-14-9-4-2-3-8(12)11(9)13/h2-4,14H,5-6,13H2,1H3. The predicted molar refractivity (Wildman–Crippen MR) is 62.0 cm³/mol. The predicted octanol–water partition coefficient (Wildman–Crippen LogP) is 1.75. The number of nitrogen functional groups attached to an aromatic ring is 1. The molecule has 5 nitrogen and oxygen atoms in total. The van der Waals surface area contributed by atoms with E-state index in [2.05, 4.69) is 15.5 Å². The molecule has 1 aromatic heterocycles. The van der Waals surface area contributed by atoms with Crippen molar-refractivity contribution >= 4 is 11.4 Å². The average molecular weight is 236 g/mol. The molecule has 0 radical (unpaired) electrons. The molecule has 0 fully saturated rings. The Balaban J connectivity index is 1.92. The van der Waals surface area contributed by atoms with E-state index in [9.17, 15) is 4.39 Å². The zero-order chi connectivity index (χ0) is 12.3. The van der Waals surface area contributed by atoms with Crippen LogP contribution in [0.25, 0.3) is 0 Å². The molecule has 3 N–H and O–H groups in total. The van der Waals surface area contributed by atoms with Crippen molar-refractivity contribution in [3.05, 3.63) is 35.7 Å². The Morgan fingerprint density at radius 1 is 1.47 bits per heavy atom. The maximum Gasteiger partial charge on any atom is 0.223 e. The van der Waals surface area contributed by atoms with E-state index in [4.69, 9.17) is 10.3 Å². The molecule has 1 heterocycles. The summed E-state index contributed by atoms with van der Waals surface area (Å²) in [5.74, 6) is 0.723. The minimum absolute atomic E-state index is 0.122. The summed E-state index contributed by atoms with van der Waals surface area (Å²) >= 11 is 0. The van der Waals surface area contributed by atoms with Crippen LogP contribution in [0.5, 0.6) is 0 Å². The Bertz CT molecular complexity index is 512. The summed E-state index contributed by atoms with van der Waals surface area (Å²) in [7, 11) is 0. The fourth-order valence-corrected chi connectivity index (χ4v) is 1.44. The fourth-order valence-electron chi connectivity index (χ4n) is 1.44. The third-order valence-corrected chi connectivity index (χ3v) is 2.29. The zero-order valence-electron chi connectivity index (χ0n) is 9.40. The van der Waals surface area contributed by atoms with Gasteiger partial charge in [0.1, 0.15) is 5.82 Å². The molecule has 0 aliphatic carbocycles. The van der Waals surface area contributed by atoms with E-state index in [1.54, 1.807) is 19.1 Å². The molecule has 0 saturated carbocycles. The summed E-state index contributed by atoms with van der Waals surface area (Å²) in [6.45, 7) is 2.29. The summed E-state index contributed by atoms with van der Waals surface area (Å²) in [5.41, 5.74) is 6.28. The van der Waals surface area contributed by atoms with Gasteiger partial charge in [0, 0.05) is 19.9 Å². The SMILES string of the molecule is Cc1nc(CCNc2cccc(F)c2N)no1. The van der Waals surface area contributed by atoms with Gasteiger partial charge >= 0.3 is 0 Å². The lowest BCUT2D eigenvalue weighted by molar-refractivity contribution is 0.387. The second-order valence-corrected chi connectivity index (χ2v) is 3.61. The normalized spacial score (nSPS) is 10.5. The number of nitrogens with one attached hydrogen (secondary N) is 1. The van der Waals surface area contributed by atoms with E-state index in [-0.39, 0.29) is 5.69 Å². The monoisotopic (exact) mass is 236 g/mol. The largest absolute Gasteiger partial charge is 0.395 e. The van der Waals surface area contributed by atoms with Gasteiger partial charge in [-0.25, -0.2) is 4.39 Å². The maximum absolute atomic E-state index is 13.1. The molecular formula is C11H13FN4O. The van der Waals surface area contributed by atoms with Gasteiger partial charge in [0.2, 0.25) is 5.89 Å². The molecule has 0 aliphatic rings. The molecule has 90 valence electrons. The average Bonchev–Trinajstić information content (AvgIpc) is 2.70. The Morgan fingerprint density at radius 2 is 2.29 bits per heavy atom. The van der Waals surface area contributed by atoms with Gasteiger partial charge in [-0.1, -0.05) is 11.2 Å². The summed E-state index contributed by atoms with van der Waals surface area (Å²) < 4.78 is 18.0. The molecule has 17 heavy (non-hydrogen) atoms. The number of nitrogens with zero attached hydrogens (tertiary/aromatic N) is 2. The van der Waals surface area contributed by atoms with Crippen molar-refractivity contribution in [2.45, 2.75) is 13.3 Å². The molecule has 0 bridgehead atoms. The van der Waals surface area contributed by atoms with Crippen LogP contribution in [0, 0.1) is 12.7 Å². The summed E-state index contributed by atoms with van der Waals surface area (Å²) in [4.78, 5) is 4.06. The third-order valence-electron chi connectivity index (χ3n) is 2.29. The molecule has 2 rings (SSSR count). The van der Waals surface area contributed by atoms with Crippen LogP contribution in [0.4, 0.5) is 15.8 Å². The molecule has 1 aromatic carbocycles. The summed E-state index contributed by atoms with van der Waals surface area (Å²) in [5, 5.41) is 6.78. The highest BCUT2D eigenvalue weighted by atomic mass is 19.1. The summed E-state index contributed by atoms with van der Waals surface area (Å²) in [6, 6.07) is 4.65. The van der Waals surface area contributed by atoms with Crippen LogP contribution in [-0.4, -0.2) is 16.7 Å². The van der Waals surface area contributed by atoms with Crippen molar-refractivity contribution in [3.63, 3.8) is 0 Å². The second-order valence-electron chi connectivity index (χ2n) is 3.61. The molecule has 0 amide bonds. The Morgan fingerprint density at radius 3 is 3.00 bits per heavy atom. The summed E-state index contributed by atoms with van der Waals surface area (Å²) in [6.07, 6.45) is 0.591. The van der Waals surface area contributed by atoms with Crippen molar-refractivity contribution in [3.8, 4) is 0 Å². The van der Waals surface area contributed by atoms with Crippen molar-refractivity contribution in [2.24, 2.45) is 0 Å². The minimum atomic E-state index is -0.426. The van der Waals surface area contributed by atoms with Gasteiger partial charge < -0.3 is 15.6 Å². The van der Waals surface area contributed by atoms with Crippen LogP contribution < -0.4 is 11.1 Å². The molecule has 0 atom stereocenters. The van der Waals surface area contributed by atoms with E-state index >= 15 is 0 Å². The van der Waals surface area contributed by atoms with Crippen LogP contribution in [0.3, 0.4) is 0 Å². The number of para-hydroxylation sites is 1. The first kappa shape index (κ1) is 11.4. The van der Waals surface area contributed by atoms with Crippen LogP contribution >= 0.6 is 0 Å². The Hall–Kier alpha value is -2.11. The number of rotatable bonds is 4. The van der Waals surface area contributed by atoms with Gasteiger partial charge in [0.25, 0.3) is 0 Å².